The van der Waals surface area contributed by atoms with Gasteiger partial charge in [-0.2, -0.15) is 0 Å². The van der Waals surface area contributed by atoms with Crippen LogP contribution in [0.3, 0.4) is 0 Å². The van der Waals surface area contributed by atoms with Gasteiger partial charge in [0.2, 0.25) is 0 Å². The molecule has 3 rings (SSSR count). The maximum atomic E-state index is 12.0. The number of pyridine rings is 1. The maximum Gasteiger partial charge on any atom is 0.331 e. The van der Waals surface area contributed by atoms with Crippen LogP contribution in [0.4, 0.5) is 5.69 Å². The number of rotatable bonds is 7. The second kappa shape index (κ2) is 9.97. The summed E-state index contributed by atoms with van der Waals surface area (Å²) in [6.07, 6.45) is 2.75. The van der Waals surface area contributed by atoms with Crippen LogP contribution in [0, 0.1) is 0 Å². The molecule has 30 heavy (non-hydrogen) atoms. The zero-order chi connectivity index (χ0) is 21.3. The van der Waals surface area contributed by atoms with Gasteiger partial charge < -0.3 is 15.4 Å². The Labute approximate surface area is 173 Å². The normalized spacial score (nSPS) is 10.7. The van der Waals surface area contributed by atoms with Gasteiger partial charge in [-0.25, -0.2) is 9.78 Å². The number of benzene rings is 2. The third-order valence-electron chi connectivity index (χ3n) is 4.10. The zero-order valence-corrected chi connectivity index (χ0v) is 16.4. The molecule has 7 heteroatoms. The number of para-hydroxylation sites is 1. The van der Waals surface area contributed by atoms with Gasteiger partial charge in [0.15, 0.2) is 6.61 Å². The number of anilines is 1. The van der Waals surface area contributed by atoms with E-state index in [2.05, 4.69) is 15.6 Å². The summed E-state index contributed by atoms with van der Waals surface area (Å²) in [7, 11) is 0. The van der Waals surface area contributed by atoms with E-state index in [1.54, 1.807) is 30.3 Å². The molecule has 0 unspecified atom stereocenters. The predicted molar refractivity (Wildman–Crippen MR) is 115 cm³/mol. The molecular formula is C23H21N3O4. The molecule has 2 amide bonds. The molecule has 7 nitrogen and oxygen atoms in total. The molecule has 0 spiro atoms. The fourth-order valence-corrected chi connectivity index (χ4v) is 2.71. The Kier molecular flexibility index (Phi) is 6.89. The number of nitrogens with one attached hydrogen (secondary N) is 2. The zero-order valence-electron chi connectivity index (χ0n) is 16.4. The van der Waals surface area contributed by atoms with Gasteiger partial charge in [-0.3, -0.25) is 9.59 Å². The Hall–Kier alpha value is -4.00. The number of fused-ring (bicyclic) bond motifs is 1. The average Bonchev–Trinajstić information content (AvgIpc) is 2.76. The SMILES string of the molecule is CCNC(=O)c1cccc(NC(=O)COC(=O)/C=C/c2ccc3ccccc3n2)c1. The van der Waals surface area contributed by atoms with E-state index in [0.717, 1.165) is 10.9 Å². The summed E-state index contributed by atoms with van der Waals surface area (Å²) in [5.41, 5.74) is 2.30. The van der Waals surface area contributed by atoms with Crippen molar-refractivity contribution < 1.29 is 19.1 Å². The number of carbonyl (C=O) groups excluding carboxylic acids is 3. The molecule has 1 heterocycles. The molecule has 0 aliphatic heterocycles. The first kappa shape index (κ1) is 20.7. The summed E-state index contributed by atoms with van der Waals surface area (Å²) >= 11 is 0. The molecule has 1 aromatic heterocycles. The number of ether oxygens (including phenoxy) is 1. The second-order valence-electron chi connectivity index (χ2n) is 6.36. The minimum Gasteiger partial charge on any atom is -0.452 e. The average molecular weight is 403 g/mol. The quantitative estimate of drug-likeness (QED) is 0.466. The van der Waals surface area contributed by atoms with Crippen LogP contribution in [0.1, 0.15) is 23.0 Å². The van der Waals surface area contributed by atoms with E-state index in [0.29, 0.717) is 23.5 Å². The molecule has 0 bridgehead atoms. The lowest BCUT2D eigenvalue weighted by Gasteiger charge is -2.07. The van der Waals surface area contributed by atoms with Crippen molar-refractivity contribution >= 4 is 40.4 Å². The Morgan fingerprint density at radius 1 is 1.03 bits per heavy atom. The summed E-state index contributed by atoms with van der Waals surface area (Å²) in [4.78, 5) is 40.2. The van der Waals surface area contributed by atoms with Crippen molar-refractivity contribution in [3.8, 4) is 0 Å². The van der Waals surface area contributed by atoms with E-state index in [-0.39, 0.29) is 5.91 Å². The second-order valence-corrected chi connectivity index (χ2v) is 6.36. The number of hydrogen-bond acceptors (Lipinski definition) is 5. The van der Waals surface area contributed by atoms with Crippen molar-refractivity contribution in [3.05, 3.63) is 78.0 Å². The summed E-state index contributed by atoms with van der Waals surface area (Å²) in [6, 6.07) is 17.9. The van der Waals surface area contributed by atoms with Crippen molar-refractivity contribution in [2.75, 3.05) is 18.5 Å². The molecule has 152 valence electrons. The molecule has 2 aromatic carbocycles. The van der Waals surface area contributed by atoms with Crippen LogP contribution in [0.15, 0.2) is 66.7 Å². The molecule has 2 N–H and O–H groups in total. The number of nitrogens with zero attached hydrogens (tertiary/aromatic N) is 1. The number of carbonyl (C=O) groups is 3. The lowest BCUT2D eigenvalue weighted by atomic mass is 10.2. The predicted octanol–water partition coefficient (Wildman–Crippen LogP) is 3.18. The first-order valence-corrected chi connectivity index (χ1v) is 9.44. The van der Waals surface area contributed by atoms with E-state index in [4.69, 9.17) is 4.74 Å². The number of aromatic nitrogens is 1. The topological polar surface area (TPSA) is 97.4 Å². The maximum absolute atomic E-state index is 12.0. The van der Waals surface area contributed by atoms with Crippen LogP contribution >= 0.6 is 0 Å². The third kappa shape index (κ3) is 5.75. The molecule has 0 radical (unpaired) electrons. The largest absolute Gasteiger partial charge is 0.452 e. The monoisotopic (exact) mass is 403 g/mol. The van der Waals surface area contributed by atoms with Crippen LogP contribution in [-0.4, -0.2) is 35.9 Å². The molecule has 0 aliphatic rings. The fourth-order valence-electron chi connectivity index (χ4n) is 2.71. The lowest BCUT2D eigenvalue weighted by molar-refractivity contribution is -0.142. The minimum atomic E-state index is -0.656. The molecular weight excluding hydrogens is 382 g/mol. The number of amides is 2. The van der Waals surface area contributed by atoms with Gasteiger partial charge >= 0.3 is 5.97 Å². The van der Waals surface area contributed by atoms with Crippen LogP contribution in [-0.2, 0) is 14.3 Å². The minimum absolute atomic E-state index is 0.229. The summed E-state index contributed by atoms with van der Waals surface area (Å²) in [5, 5.41) is 6.29. The van der Waals surface area contributed by atoms with Gasteiger partial charge in [0.05, 0.1) is 11.2 Å². The summed E-state index contributed by atoms with van der Waals surface area (Å²) in [6.45, 7) is 1.88. The Balaban J connectivity index is 1.51. The fraction of sp³-hybridized carbons (Fsp3) is 0.130. The van der Waals surface area contributed by atoms with Gasteiger partial charge in [-0.05, 0) is 43.3 Å². The molecule has 0 fully saturated rings. The smallest absolute Gasteiger partial charge is 0.331 e. The van der Waals surface area contributed by atoms with Crippen LogP contribution < -0.4 is 10.6 Å². The van der Waals surface area contributed by atoms with E-state index in [1.807, 2.05) is 37.3 Å². The van der Waals surface area contributed by atoms with Gasteiger partial charge in [0.1, 0.15) is 0 Å². The standard InChI is InChI=1S/C23H21N3O4/c1-2-24-23(29)17-7-5-8-19(14-17)26-21(27)15-30-22(28)13-12-18-11-10-16-6-3-4-9-20(16)25-18/h3-14H,2,15H2,1H3,(H,24,29)(H,26,27)/b13-12+. The molecule has 0 saturated heterocycles. The Morgan fingerprint density at radius 2 is 1.87 bits per heavy atom. The molecule has 0 aliphatic carbocycles. The van der Waals surface area contributed by atoms with E-state index in [1.165, 1.54) is 12.2 Å². The summed E-state index contributed by atoms with van der Waals surface area (Å²) < 4.78 is 4.96. The van der Waals surface area contributed by atoms with Crippen molar-refractivity contribution in [3.63, 3.8) is 0 Å². The highest BCUT2D eigenvalue weighted by Gasteiger charge is 2.09. The third-order valence-corrected chi connectivity index (χ3v) is 4.10. The van der Waals surface area contributed by atoms with E-state index in [9.17, 15) is 14.4 Å². The van der Waals surface area contributed by atoms with Crippen molar-refractivity contribution in [2.24, 2.45) is 0 Å². The number of esters is 1. The van der Waals surface area contributed by atoms with E-state index >= 15 is 0 Å². The highest BCUT2D eigenvalue weighted by Crippen LogP contribution is 2.13. The van der Waals surface area contributed by atoms with Gasteiger partial charge in [-0.1, -0.05) is 30.3 Å². The van der Waals surface area contributed by atoms with Gasteiger partial charge in [0.25, 0.3) is 11.8 Å². The van der Waals surface area contributed by atoms with Crippen LogP contribution in [0.25, 0.3) is 17.0 Å². The van der Waals surface area contributed by atoms with Crippen LogP contribution in [0.5, 0.6) is 0 Å². The van der Waals surface area contributed by atoms with Crippen molar-refractivity contribution in [1.82, 2.24) is 10.3 Å². The first-order valence-electron chi connectivity index (χ1n) is 9.44. The Bertz CT molecular complexity index is 1110. The highest BCUT2D eigenvalue weighted by atomic mass is 16.5. The summed E-state index contributed by atoms with van der Waals surface area (Å²) in [5.74, 6) is -1.39. The van der Waals surface area contributed by atoms with E-state index < -0.39 is 18.5 Å². The van der Waals surface area contributed by atoms with Crippen molar-refractivity contribution in [2.45, 2.75) is 6.92 Å². The highest BCUT2D eigenvalue weighted by molar-refractivity contribution is 5.98. The molecule has 0 saturated carbocycles. The molecule has 3 aromatic rings. The van der Waals surface area contributed by atoms with Gasteiger partial charge in [-0.15, -0.1) is 0 Å². The molecule has 0 atom stereocenters. The van der Waals surface area contributed by atoms with Gasteiger partial charge in [0, 0.05) is 29.3 Å². The van der Waals surface area contributed by atoms with Crippen LogP contribution in [0.2, 0.25) is 0 Å². The number of hydrogen-bond donors (Lipinski definition) is 2. The van der Waals surface area contributed by atoms with Crippen molar-refractivity contribution in [1.29, 1.82) is 0 Å². The first-order chi connectivity index (χ1) is 14.5. The lowest BCUT2D eigenvalue weighted by Crippen LogP contribution is -2.23. The Morgan fingerprint density at radius 3 is 2.70 bits per heavy atom.